The standard InChI is InChI=1S/C14H28N2O2/c1-11-6-13(2,3)9-14(7-11,10-17)15-8-12(18)16(4)5/h11,15,17H,6-10H2,1-5H3. The van der Waals surface area contributed by atoms with Crippen molar-refractivity contribution in [1.29, 1.82) is 0 Å². The number of nitrogens with one attached hydrogen (secondary N) is 1. The molecular formula is C14H28N2O2. The van der Waals surface area contributed by atoms with Crippen molar-refractivity contribution in [1.82, 2.24) is 10.2 Å². The number of aliphatic hydroxyl groups is 1. The second-order valence-electron chi connectivity index (χ2n) is 6.93. The Morgan fingerprint density at radius 2 is 2.00 bits per heavy atom. The number of nitrogens with zero attached hydrogens (tertiary/aromatic N) is 1. The Bertz CT molecular complexity index is 302. The molecule has 2 N–H and O–H groups in total. The second kappa shape index (κ2) is 5.57. The first-order valence-corrected chi connectivity index (χ1v) is 6.76. The van der Waals surface area contributed by atoms with Crippen LogP contribution >= 0.6 is 0 Å². The summed E-state index contributed by atoms with van der Waals surface area (Å²) < 4.78 is 0. The van der Waals surface area contributed by atoms with E-state index in [4.69, 9.17) is 0 Å². The van der Waals surface area contributed by atoms with E-state index in [2.05, 4.69) is 26.1 Å². The highest BCUT2D eigenvalue weighted by Gasteiger charge is 2.42. The summed E-state index contributed by atoms with van der Waals surface area (Å²) >= 11 is 0. The third-order valence-electron chi connectivity index (χ3n) is 3.87. The van der Waals surface area contributed by atoms with Gasteiger partial charge in [0.25, 0.3) is 0 Å². The topological polar surface area (TPSA) is 52.6 Å². The molecule has 0 aromatic heterocycles. The van der Waals surface area contributed by atoms with Crippen LogP contribution in [0.15, 0.2) is 0 Å². The number of carbonyl (C=O) groups excluding carboxylic acids is 1. The maximum Gasteiger partial charge on any atom is 0.236 e. The zero-order chi connectivity index (χ0) is 14.0. The van der Waals surface area contributed by atoms with Crippen LogP contribution < -0.4 is 5.32 Å². The van der Waals surface area contributed by atoms with Crippen molar-refractivity contribution >= 4 is 5.91 Å². The van der Waals surface area contributed by atoms with Crippen LogP contribution in [-0.2, 0) is 4.79 Å². The van der Waals surface area contributed by atoms with E-state index >= 15 is 0 Å². The molecule has 1 rings (SSSR count). The van der Waals surface area contributed by atoms with E-state index < -0.39 is 0 Å². The van der Waals surface area contributed by atoms with Crippen molar-refractivity contribution in [3.05, 3.63) is 0 Å². The predicted octanol–water partition coefficient (Wildman–Crippen LogP) is 1.24. The fourth-order valence-corrected chi connectivity index (χ4v) is 3.48. The Labute approximate surface area is 111 Å². The first-order valence-electron chi connectivity index (χ1n) is 6.76. The fraction of sp³-hybridized carbons (Fsp3) is 0.929. The van der Waals surface area contributed by atoms with E-state index in [1.54, 1.807) is 19.0 Å². The predicted molar refractivity (Wildman–Crippen MR) is 73.3 cm³/mol. The molecule has 0 bridgehead atoms. The average Bonchev–Trinajstić information content (AvgIpc) is 2.23. The van der Waals surface area contributed by atoms with Crippen LogP contribution in [0.1, 0.15) is 40.0 Å². The van der Waals surface area contributed by atoms with Gasteiger partial charge < -0.3 is 15.3 Å². The third kappa shape index (κ3) is 3.95. The van der Waals surface area contributed by atoms with Gasteiger partial charge in [-0.1, -0.05) is 20.8 Å². The van der Waals surface area contributed by atoms with Gasteiger partial charge in [-0.15, -0.1) is 0 Å². The minimum atomic E-state index is -0.299. The summed E-state index contributed by atoms with van der Waals surface area (Å²) in [6, 6.07) is 0. The van der Waals surface area contributed by atoms with Gasteiger partial charge in [0.2, 0.25) is 5.91 Å². The van der Waals surface area contributed by atoms with Crippen LogP contribution in [0.3, 0.4) is 0 Å². The van der Waals surface area contributed by atoms with Crippen LogP contribution in [0.25, 0.3) is 0 Å². The molecule has 4 nitrogen and oxygen atoms in total. The Morgan fingerprint density at radius 1 is 1.39 bits per heavy atom. The van der Waals surface area contributed by atoms with E-state index in [0.29, 0.717) is 12.5 Å². The molecule has 4 heteroatoms. The lowest BCUT2D eigenvalue weighted by Gasteiger charge is -2.47. The lowest BCUT2D eigenvalue weighted by atomic mass is 9.64. The first-order chi connectivity index (χ1) is 8.20. The van der Waals surface area contributed by atoms with E-state index in [9.17, 15) is 9.90 Å². The summed E-state index contributed by atoms with van der Waals surface area (Å²) in [4.78, 5) is 13.2. The molecular weight excluding hydrogens is 228 g/mol. The zero-order valence-corrected chi connectivity index (χ0v) is 12.4. The third-order valence-corrected chi connectivity index (χ3v) is 3.87. The molecule has 1 fully saturated rings. The van der Waals surface area contributed by atoms with Gasteiger partial charge in [-0.25, -0.2) is 0 Å². The maximum absolute atomic E-state index is 11.7. The normalized spacial score (nSPS) is 31.1. The minimum Gasteiger partial charge on any atom is -0.394 e. The lowest BCUT2D eigenvalue weighted by molar-refractivity contribution is -0.128. The molecule has 1 aliphatic carbocycles. The van der Waals surface area contributed by atoms with Gasteiger partial charge in [0.15, 0.2) is 0 Å². The summed E-state index contributed by atoms with van der Waals surface area (Å²) in [7, 11) is 3.51. The SMILES string of the molecule is CC1CC(C)(C)CC(CO)(NCC(=O)N(C)C)C1. The van der Waals surface area contributed by atoms with Gasteiger partial charge >= 0.3 is 0 Å². The molecule has 1 aliphatic rings. The van der Waals surface area contributed by atoms with Crippen molar-refractivity contribution in [2.75, 3.05) is 27.2 Å². The van der Waals surface area contributed by atoms with E-state index in [1.807, 2.05) is 0 Å². The van der Waals surface area contributed by atoms with Crippen molar-refractivity contribution in [2.45, 2.75) is 45.6 Å². The largest absolute Gasteiger partial charge is 0.394 e. The summed E-state index contributed by atoms with van der Waals surface area (Å²) in [5.41, 5.74) is -0.0819. The van der Waals surface area contributed by atoms with Crippen molar-refractivity contribution in [2.24, 2.45) is 11.3 Å². The molecule has 0 radical (unpaired) electrons. The van der Waals surface area contributed by atoms with Crippen LogP contribution in [0.5, 0.6) is 0 Å². The quantitative estimate of drug-likeness (QED) is 0.796. The average molecular weight is 256 g/mol. The molecule has 0 aromatic carbocycles. The maximum atomic E-state index is 11.7. The Balaban J connectivity index is 2.70. The molecule has 2 atom stereocenters. The Hall–Kier alpha value is -0.610. The van der Waals surface area contributed by atoms with Gasteiger partial charge in [-0.05, 0) is 30.6 Å². The second-order valence-corrected chi connectivity index (χ2v) is 6.93. The molecule has 1 saturated carbocycles. The van der Waals surface area contributed by atoms with Crippen molar-refractivity contribution < 1.29 is 9.90 Å². The van der Waals surface area contributed by atoms with E-state index in [-0.39, 0.29) is 23.5 Å². The molecule has 1 amide bonds. The van der Waals surface area contributed by atoms with Gasteiger partial charge in [-0.3, -0.25) is 4.79 Å². The first kappa shape index (κ1) is 15.4. The number of rotatable bonds is 4. The molecule has 18 heavy (non-hydrogen) atoms. The van der Waals surface area contributed by atoms with Gasteiger partial charge in [0.1, 0.15) is 0 Å². The molecule has 0 aromatic rings. The molecule has 0 heterocycles. The van der Waals surface area contributed by atoms with Crippen molar-refractivity contribution in [3.63, 3.8) is 0 Å². The fourth-order valence-electron chi connectivity index (χ4n) is 3.48. The summed E-state index contributed by atoms with van der Waals surface area (Å²) in [6.07, 6.45) is 3.03. The van der Waals surface area contributed by atoms with Gasteiger partial charge in [0.05, 0.1) is 13.2 Å². The number of amides is 1. The van der Waals surface area contributed by atoms with Crippen LogP contribution in [0.4, 0.5) is 0 Å². The van der Waals surface area contributed by atoms with Gasteiger partial charge in [-0.2, -0.15) is 0 Å². The molecule has 0 spiro atoms. The lowest BCUT2D eigenvalue weighted by Crippen LogP contribution is -2.57. The van der Waals surface area contributed by atoms with Crippen molar-refractivity contribution in [3.8, 4) is 0 Å². The van der Waals surface area contributed by atoms with E-state index in [1.165, 1.54) is 6.42 Å². The van der Waals surface area contributed by atoms with Crippen LogP contribution in [0, 0.1) is 11.3 Å². The minimum absolute atomic E-state index is 0.0545. The Kier molecular flexibility index (Phi) is 4.78. The van der Waals surface area contributed by atoms with E-state index in [0.717, 1.165) is 12.8 Å². The smallest absolute Gasteiger partial charge is 0.236 e. The van der Waals surface area contributed by atoms with Crippen LogP contribution in [-0.4, -0.2) is 48.7 Å². The Morgan fingerprint density at radius 3 is 2.44 bits per heavy atom. The highest BCUT2D eigenvalue weighted by Crippen LogP contribution is 2.43. The molecule has 0 aliphatic heterocycles. The zero-order valence-electron chi connectivity index (χ0n) is 12.4. The molecule has 106 valence electrons. The highest BCUT2D eigenvalue weighted by atomic mass is 16.3. The number of likely N-dealkylation sites (N-methyl/N-ethyl adjacent to an activating group) is 1. The summed E-state index contributed by atoms with van der Waals surface area (Å²) in [6.45, 7) is 7.10. The highest BCUT2D eigenvalue weighted by molar-refractivity contribution is 5.77. The summed E-state index contributed by atoms with van der Waals surface area (Å²) in [5.74, 6) is 0.627. The van der Waals surface area contributed by atoms with Gasteiger partial charge in [0, 0.05) is 19.6 Å². The molecule has 0 saturated heterocycles. The number of hydrogen-bond acceptors (Lipinski definition) is 3. The number of aliphatic hydroxyl groups excluding tert-OH is 1. The number of hydrogen-bond donors (Lipinski definition) is 2. The monoisotopic (exact) mass is 256 g/mol. The van der Waals surface area contributed by atoms with Crippen LogP contribution in [0.2, 0.25) is 0 Å². The number of carbonyl (C=O) groups is 1. The summed E-state index contributed by atoms with van der Waals surface area (Å²) in [5, 5.41) is 13.1. The molecule has 2 unspecified atom stereocenters.